The molecule has 1 saturated heterocycles. The second-order valence-corrected chi connectivity index (χ2v) is 10.4. The van der Waals surface area contributed by atoms with Crippen molar-refractivity contribution in [2.75, 3.05) is 18.4 Å². The fourth-order valence-corrected chi connectivity index (χ4v) is 5.60. The van der Waals surface area contributed by atoms with Gasteiger partial charge in [-0.3, -0.25) is 9.89 Å². The van der Waals surface area contributed by atoms with Gasteiger partial charge >= 0.3 is 0 Å². The van der Waals surface area contributed by atoms with Crippen LogP contribution in [0.1, 0.15) is 42.7 Å². The van der Waals surface area contributed by atoms with E-state index in [1.807, 2.05) is 19.1 Å². The van der Waals surface area contributed by atoms with Crippen LogP contribution in [0.2, 0.25) is 0 Å². The summed E-state index contributed by atoms with van der Waals surface area (Å²) in [7, 11) is -3.55. The van der Waals surface area contributed by atoms with Crippen molar-refractivity contribution in [3.63, 3.8) is 0 Å². The summed E-state index contributed by atoms with van der Waals surface area (Å²) in [5.74, 6) is 0.0173. The molecule has 33 heavy (non-hydrogen) atoms. The zero-order chi connectivity index (χ0) is 23.6. The highest BCUT2D eigenvalue weighted by atomic mass is 32.2. The number of nitrogens with one attached hydrogen (secondary N) is 2. The van der Waals surface area contributed by atoms with Gasteiger partial charge in [0.2, 0.25) is 10.0 Å². The summed E-state index contributed by atoms with van der Waals surface area (Å²) >= 11 is 0. The lowest BCUT2D eigenvalue weighted by atomic mass is 10.0. The van der Waals surface area contributed by atoms with Crippen molar-refractivity contribution in [2.24, 2.45) is 5.92 Å². The molecule has 4 rings (SSSR count). The summed E-state index contributed by atoms with van der Waals surface area (Å²) in [6.07, 6.45) is 2.71. The molecule has 1 amide bonds. The van der Waals surface area contributed by atoms with Crippen LogP contribution in [-0.2, 0) is 16.4 Å². The van der Waals surface area contributed by atoms with Crippen molar-refractivity contribution in [1.82, 2.24) is 14.5 Å². The van der Waals surface area contributed by atoms with Crippen molar-refractivity contribution in [3.05, 3.63) is 59.8 Å². The van der Waals surface area contributed by atoms with Crippen LogP contribution in [0.5, 0.6) is 5.75 Å². The highest BCUT2D eigenvalue weighted by Crippen LogP contribution is 2.29. The Labute approximate surface area is 193 Å². The maximum absolute atomic E-state index is 12.9. The number of phenolic OH excluding ortho intramolecular Hbond substituents is 1. The summed E-state index contributed by atoms with van der Waals surface area (Å²) in [5, 5.41) is 19.8. The van der Waals surface area contributed by atoms with E-state index in [2.05, 4.69) is 22.4 Å². The molecule has 1 unspecified atom stereocenters. The third-order valence-corrected chi connectivity index (χ3v) is 7.82. The molecule has 1 atom stereocenters. The Balaban J connectivity index is 1.47. The van der Waals surface area contributed by atoms with E-state index in [1.165, 1.54) is 16.4 Å². The molecule has 174 valence electrons. The number of rotatable bonds is 6. The van der Waals surface area contributed by atoms with Crippen molar-refractivity contribution in [1.29, 1.82) is 0 Å². The van der Waals surface area contributed by atoms with Crippen molar-refractivity contribution in [3.8, 4) is 17.0 Å². The highest BCUT2D eigenvalue weighted by Gasteiger charge is 2.28. The Kier molecular flexibility index (Phi) is 6.53. The smallest absolute Gasteiger partial charge is 0.273 e. The van der Waals surface area contributed by atoms with Crippen LogP contribution in [0, 0.1) is 5.92 Å². The Morgan fingerprint density at radius 2 is 1.97 bits per heavy atom. The molecule has 0 bridgehead atoms. The van der Waals surface area contributed by atoms with Crippen molar-refractivity contribution >= 4 is 21.6 Å². The third kappa shape index (κ3) is 4.94. The molecule has 0 saturated carbocycles. The van der Waals surface area contributed by atoms with Crippen LogP contribution in [0.4, 0.5) is 5.69 Å². The van der Waals surface area contributed by atoms with E-state index >= 15 is 0 Å². The van der Waals surface area contributed by atoms with Gasteiger partial charge in [0.15, 0.2) is 0 Å². The first kappa shape index (κ1) is 23.0. The minimum absolute atomic E-state index is 0.0885. The van der Waals surface area contributed by atoms with Gasteiger partial charge in [0, 0.05) is 24.3 Å². The SMILES string of the molecule is CCc1ccc(O)c(-c2cc(C(=O)Nc3ccc(S(=O)(=O)N4CCCC(C)C4)cc3)[nH]n2)c1. The number of amides is 1. The number of aromatic nitrogens is 2. The molecule has 0 spiro atoms. The number of hydrogen-bond acceptors (Lipinski definition) is 5. The zero-order valence-corrected chi connectivity index (χ0v) is 19.5. The molecule has 9 heteroatoms. The van der Waals surface area contributed by atoms with Gasteiger partial charge < -0.3 is 10.4 Å². The molecule has 1 fully saturated rings. The number of H-pyrrole nitrogens is 1. The van der Waals surface area contributed by atoms with Crippen LogP contribution in [-0.4, -0.2) is 47.0 Å². The van der Waals surface area contributed by atoms with Crippen LogP contribution in [0.25, 0.3) is 11.3 Å². The number of benzene rings is 2. The summed E-state index contributed by atoms with van der Waals surface area (Å²) in [6, 6.07) is 13.0. The molecule has 3 aromatic rings. The lowest BCUT2D eigenvalue weighted by molar-refractivity contribution is 0.102. The highest BCUT2D eigenvalue weighted by molar-refractivity contribution is 7.89. The molecule has 8 nitrogen and oxygen atoms in total. The monoisotopic (exact) mass is 468 g/mol. The zero-order valence-electron chi connectivity index (χ0n) is 18.7. The van der Waals surface area contributed by atoms with Gasteiger partial charge in [0.05, 0.1) is 10.6 Å². The van der Waals surface area contributed by atoms with E-state index in [9.17, 15) is 18.3 Å². The van der Waals surface area contributed by atoms with E-state index < -0.39 is 15.9 Å². The summed E-state index contributed by atoms with van der Waals surface area (Å²) in [6.45, 7) is 5.13. The number of aromatic amines is 1. The lowest BCUT2D eigenvalue weighted by Gasteiger charge is -2.30. The van der Waals surface area contributed by atoms with Gasteiger partial charge in [-0.15, -0.1) is 0 Å². The lowest BCUT2D eigenvalue weighted by Crippen LogP contribution is -2.39. The number of piperidine rings is 1. The maximum atomic E-state index is 12.9. The predicted octanol–water partition coefficient (Wildman–Crippen LogP) is 4.02. The fourth-order valence-electron chi connectivity index (χ4n) is 4.01. The minimum atomic E-state index is -3.55. The number of anilines is 1. The van der Waals surface area contributed by atoms with Gasteiger partial charge in [-0.05, 0) is 73.2 Å². The predicted molar refractivity (Wildman–Crippen MR) is 127 cm³/mol. The van der Waals surface area contributed by atoms with Crippen molar-refractivity contribution < 1.29 is 18.3 Å². The summed E-state index contributed by atoms with van der Waals surface area (Å²) < 4.78 is 27.3. The van der Waals surface area contributed by atoms with Crippen LogP contribution in [0.3, 0.4) is 0 Å². The molecule has 0 aliphatic carbocycles. The van der Waals surface area contributed by atoms with Gasteiger partial charge in [0.25, 0.3) is 5.91 Å². The number of carbonyl (C=O) groups excluding carboxylic acids is 1. The average Bonchev–Trinajstić information content (AvgIpc) is 3.30. The van der Waals surface area contributed by atoms with Crippen LogP contribution < -0.4 is 5.32 Å². The number of sulfonamides is 1. The average molecular weight is 469 g/mol. The van der Waals surface area contributed by atoms with E-state index in [4.69, 9.17) is 0 Å². The van der Waals surface area contributed by atoms with Gasteiger partial charge in [0.1, 0.15) is 11.4 Å². The fraction of sp³-hybridized carbons (Fsp3) is 0.333. The van der Waals surface area contributed by atoms with Crippen LogP contribution in [0.15, 0.2) is 53.4 Å². The Morgan fingerprint density at radius 1 is 1.21 bits per heavy atom. The summed E-state index contributed by atoms with van der Waals surface area (Å²) in [4.78, 5) is 12.9. The molecule has 1 aliphatic heterocycles. The molecular weight excluding hydrogens is 440 g/mol. The largest absolute Gasteiger partial charge is 0.507 e. The van der Waals surface area contributed by atoms with Crippen molar-refractivity contribution in [2.45, 2.75) is 38.0 Å². The first-order valence-corrected chi connectivity index (χ1v) is 12.5. The van der Waals surface area contributed by atoms with E-state index in [-0.39, 0.29) is 16.3 Å². The Morgan fingerprint density at radius 3 is 2.67 bits per heavy atom. The number of aromatic hydroxyl groups is 1. The maximum Gasteiger partial charge on any atom is 0.273 e. The Bertz CT molecular complexity index is 1250. The number of aryl methyl sites for hydroxylation is 1. The van der Waals surface area contributed by atoms with Crippen LogP contribution >= 0.6 is 0 Å². The quantitative estimate of drug-likeness (QED) is 0.505. The third-order valence-electron chi connectivity index (χ3n) is 5.94. The Hall–Kier alpha value is -3.17. The minimum Gasteiger partial charge on any atom is -0.507 e. The number of nitrogens with zero attached hydrogens (tertiary/aromatic N) is 2. The standard InChI is InChI=1S/C24H28N4O4S/c1-3-17-6-11-23(29)20(13-17)21-14-22(27-26-21)24(30)25-18-7-9-19(10-8-18)33(31,32)28-12-4-5-16(2)15-28/h6-11,13-14,16,29H,3-5,12,15H2,1-2H3,(H,25,30)(H,26,27). The molecule has 2 heterocycles. The van der Waals surface area contributed by atoms with Gasteiger partial charge in [-0.25, -0.2) is 8.42 Å². The number of hydrogen-bond donors (Lipinski definition) is 3. The molecular formula is C24H28N4O4S. The molecule has 1 aromatic heterocycles. The molecule has 2 aromatic carbocycles. The second kappa shape index (κ2) is 9.36. The van der Waals surface area contributed by atoms with Gasteiger partial charge in [-0.2, -0.15) is 9.40 Å². The van der Waals surface area contributed by atoms with E-state index in [1.54, 1.807) is 24.3 Å². The summed E-state index contributed by atoms with van der Waals surface area (Å²) in [5.41, 5.74) is 2.76. The molecule has 1 aliphatic rings. The first-order chi connectivity index (χ1) is 15.8. The second-order valence-electron chi connectivity index (χ2n) is 8.46. The van der Waals surface area contributed by atoms with Gasteiger partial charge in [-0.1, -0.05) is 19.9 Å². The normalized spacial score (nSPS) is 17.1. The van der Waals surface area contributed by atoms with E-state index in [0.717, 1.165) is 24.8 Å². The first-order valence-electron chi connectivity index (χ1n) is 11.1. The number of carbonyl (C=O) groups is 1. The van der Waals surface area contributed by atoms with E-state index in [0.29, 0.717) is 36.0 Å². The topological polar surface area (TPSA) is 115 Å². The molecule has 0 radical (unpaired) electrons. The molecule has 3 N–H and O–H groups in total. The number of phenols is 1.